The SMILES string of the molecule is O=C(NO)C1CCC(CN(Cc2c(Cl)cccc2Cl)S(=O)(=O)c2ccc(Br)cc2)CC1. The number of halogens is 3. The molecule has 0 radical (unpaired) electrons. The molecule has 3 rings (SSSR count). The number of sulfonamides is 1. The molecule has 1 aliphatic carbocycles. The topological polar surface area (TPSA) is 86.7 Å². The fourth-order valence-corrected chi connectivity index (χ4v) is 6.12. The molecule has 1 amide bonds. The van der Waals surface area contributed by atoms with Gasteiger partial charge in [-0.05, 0) is 68.0 Å². The van der Waals surface area contributed by atoms with Crippen molar-refractivity contribution in [3.05, 3.63) is 62.5 Å². The number of benzene rings is 2. The zero-order chi connectivity index (χ0) is 22.6. The van der Waals surface area contributed by atoms with E-state index in [2.05, 4.69) is 15.9 Å². The van der Waals surface area contributed by atoms with Crippen LogP contribution in [-0.4, -0.2) is 30.4 Å². The summed E-state index contributed by atoms with van der Waals surface area (Å²) < 4.78 is 29.2. The third-order valence-corrected chi connectivity index (χ3v) is 8.70. The standard InChI is InChI=1S/C21H23BrCl2N2O4S/c22-16-8-10-17(11-9-16)31(29,30)26(13-18-19(23)2-1-3-20(18)24)12-14-4-6-15(7-5-14)21(27)25-28/h1-3,8-11,14-15,28H,4-7,12-13H2,(H,25,27). The molecule has 0 unspecified atom stereocenters. The van der Waals surface area contributed by atoms with Crippen molar-refractivity contribution < 1.29 is 18.4 Å². The lowest BCUT2D eigenvalue weighted by molar-refractivity contribution is -0.134. The summed E-state index contributed by atoms with van der Waals surface area (Å²) in [6, 6.07) is 11.6. The van der Waals surface area contributed by atoms with E-state index in [0.717, 1.165) is 4.47 Å². The van der Waals surface area contributed by atoms with Crippen LogP contribution in [0, 0.1) is 11.8 Å². The average Bonchev–Trinajstić information content (AvgIpc) is 2.75. The van der Waals surface area contributed by atoms with Crippen LogP contribution in [0.5, 0.6) is 0 Å². The molecule has 1 fully saturated rings. The van der Waals surface area contributed by atoms with E-state index in [9.17, 15) is 13.2 Å². The van der Waals surface area contributed by atoms with Gasteiger partial charge in [-0.1, -0.05) is 45.2 Å². The van der Waals surface area contributed by atoms with E-state index < -0.39 is 10.0 Å². The maximum atomic E-state index is 13.5. The smallest absolute Gasteiger partial charge is 0.246 e. The Kier molecular flexibility index (Phi) is 8.40. The molecule has 0 saturated heterocycles. The Bertz CT molecular complexity index is 1010. The Morgan fingerprint density at radius 1 is 1.06 bits per heavy atom. The maximum absolute atomic E-state index is 13.5. The van der Waals surface area contributed by atoms with Crippen LogP contribution in [0.3, 0.4) is 0 Å². The molecule has 2 N–H and O–H groups in total. The Morgan fingerprint density at radius 3 is 2.19 bits per heavy atom. The highest BCUT2D eigenvalue weighted by molar-refractivity contribution is 9.10. The molecule has 6 nitrogen and oxygen atoms in total. The van der Waals surface area contributed by atoms with Gasteiger partial charge in [-0.3, -0.25) is 10.0 Å². The maximum Gasteiger partial charge on any atom is 0.246 e. The second-order valence-electron chi connectivity index (χ2n) is 7.65. The number of hydrogen-bond acceptors (Lipinski definition) is 4. The van der Waals surface area contributed by atoms with E-state index in [1.165, 1.54) is 4.31 Å². The van der Waals surface area contributed by atoms with Crippen molar-refractivity contribution in [1.82, 2.24) is 9.79 Å². The molecule has 0 heterocycles. The number of amides is 1. The summed E-state index contributed by atoms with van der Waals surface area (Å²) in [6.45, 7) is 0.335. The minimum atomic E-state index is -3.81. The summed E-state index contributed by atoms with van der Waals surface area (Å²) in [6.07, 6.45) is 2.55. The van der Waals surface area contributed by atoms with Crippen LogP contribution >= 0.6 is 39.1 Å². The van der Waals surface area contributed by atoms with Crippen molar-refractivity contribution in [1.29, 1.82) is 0 Å². The Hall–Kier alpha value is -1.16. The van der Waals surface area contributed by atoms with Crippen LogP contribution < -0.4 is 5.48 Å². The normalized spacial score (nSPS) is 19.4. The summed E-state index contributed by atoms with van der Waals surface area (Å²) in [7, 11) is -3.81. The van der Waals surface area contributed by atoms with Crippen LogP contribution in [0.25, 0.3) is 0 Å². The van der Waals surface area contributed by atoms with Crippen molar-refractivity contribution in [3.8, 4) is 0 Å². The first-order valence-electron chi connectivity index (χ1n) is 9.85. The Labute approximate surface area is 200 Å². The van der Waals surface area contributed by atoms with E-state index in [1.54, 1.807) is 47.9 Å². The first-order valence-corrected chi connectivity index (χ1v) is 12.8. The lowest BCUT2D eigenvalue weighted by Gasteiger charge is -2.32. The number of nitrogens with zero attached hydrogens (tertiary/aromatic N) is 1. The molecule has 31 heavy (non-hydrogen) atoms. The second kappa shape index (κ2) is 10.6. The van der Waals surface area contributed by atoms with Gasteiger partial charge in [-0.15, -0.1) is 0 Å². The van der Waals surface area contributed by atoms with E-state index in [0.29, 0.717) is 41.3 Å². The van der Waals surface area contributed by atoms with Gasteiger partial charge in [0.1, 0.15) is 0 Å². The lowest BCUT2D eigenvalue weighted by Crippen LogP contribution is -2.38. The van der Waals surface area contributed by atoms with Gasteiger partial charge in [0, 0.05) is 39.1 Å². The minimum absolute atomic E-state index is 0.0496. The van der Waals surface area contributed by atoms with Crippen LogP contribution in [0.2, 0.25) is 10.0 Å². The number of rotatable bonds is 7. The number of carbonyl (C=O) groups is 1. The predicted molar refractivity (Wildman–Crippen MR) is 124 cm³/mol. The molecular formula is C21H23BrCl2N2O4S. The van der Waals surface area contributed by atoms with Crippen molar-refractivity contribution in [2.45, 2.75) is 37.1 Å². The van der Waals surface area contributed by atoms with Crippen LogP contribution in [0.4, 0.5) is 0 Å². The molecule has 0 atom stereocenters. The summed E-state index contributed by atoms with van der Waals surface area (Å²) >= 11 is 16.0. The molecule has 1 aliphatic rings. The summed E-state index contributed by atoms with van der Waals surface area (Å²) in [5.41, 5.74) is 2.26. The van der Waals surface area contributed by atoms with Crippen molar-refractivity contribution >= 4 is 55.1 Å². The highest BCUT2D eigenvalue weighted by Crippen LogP contribution is 2.33. The predicted octanol–water partition coefficient (Wildman–Crippen LogP) is 5.26. The highest BCUT2D eigenvalue weighted by atomic mass is 79.9. The van der Waals surface area contributed by atoms with Gasteiger partial charge in [0.15, 0.2) is 0 Å². The number of nitrogens with one attached hydrogen (secondary N) is 1. The molecule has 0 aliphatic heterocycles. The van der Waals surface area contributed by atoms with E-state index >= 15 is 0 Å². The minimum Gasteiger partial charge on any atom is -0.289 e. The van der Waals surface area contributed by atoms with Gasteiger partial charge in [-0.25, -0.2) is 13.9 Å². The molecule has 10 heteroatoms. The zero-order valence-electron chi connectivity index (χ0n) is 16.6. The molecular weight excluding hydrogens is 527 g/mol. The van der Waals surface area contributed by atoms with E-state index in [1.807, 2.05) is 0 Å². The molecule has 1 saturated carbocycles. The first kappa shape index (κ1) is 24.5. The fraction of sp³-hybridized carbons (Fsp3) is 0.381. The average molecular weight is 550 g/mol. The summed E-state index contributed by atoms with van der Waals surface area (Å²) in [5.74, 6) is -0.564. The van der Waals surface area contributed by atoms with Gasteiger partial charge in [0.05, 0.1) is 4.90 Å². The molecule has 0 aromatic heterocycles. The molecule has 0 bridgehead atoms. The number of hydrogen-bond donors (Lipinski definition) is 2. The van der Waals surface area contributed by atoms with E-state index in [-0.39, 0.29) is 35.7 Å². The first-order chi connectivity index (χ1) is 14.7. The van der Waals surface area contributed by atoms with Crippen LogP contribution in [0.1, 0.15) is 31.2 Å². The zero-order valence-corrected chi connectivity index (χ0v) is 20.5. The van der Waals surface area contributed by atoms with Gasteiger partial charge >= 0.3 is 0 Å². The molecule has 0 spiro atoms. The van der Waals surface area contributed by atoms with Crippen molar-refractivity contribution in [3.63, 3.8) is 0 Å². The molecule has 2 aromatic rings. The lowest BCUT2D eigenvalue weighted by atomic mass is 9.81. The Morgan fingerprint density at radius 2 is 1.65 bits per heavy atom. The largest absolute Gasteiger partial charge is 0.289 e. The highest BCUT2D eigenvalue weighted by Gasteiger charge is 2.32. The van der Waals surface area contributed by atoms with Gasteiger partial charge in [-0.2, -0.15) is 4.31 Å². The van der Waals surface area contributed by atoms with Crippen molar-refractivity contribution in [2.75, 3.05) is 6.54 Å². The molecule has 168 valence electrons. The Balaban J connectivity index is 1.86. The third-order valence-electron chi connectivity index (χ3n) is 5.64. The second-order valence-corrected chi connectivity index (χ2v) is 11.3. The third kappa shape index (κ3) is 6.00. The van der Waals surface area contributed by atoms with Gasteiger partial charge in [0.25, 0.3) is 0 Å². The van der Waals surface area contributed by atoms with Crippen molar-refractivity contribution in [2.24, 2.45) is 11.8 Å². The van der Waals surface area contributed by atoms with Crippen LogP contribution in [0.15, 0.2) is 51.8 Å². The van der Waals surface area contributed by atoms with Crippen LogP contribution in [-0.2, 0) is 21.4 Å². The summed E-state index contributed by atoms with van der Waals surface area (Å²) in [5, 5.41) is 9.67. The quantitative estimate of drug-likeness (QED) is 0.364. The van der Waals surface area contributed by atoms with E-state index in [4.69, 9.17) is 28.4 Å². The van der Waals surface area contributed by atoms with Gasteiger partial charge < -0.3 is 0 Å². The molecule has 2 aromatic carbocycles. The fourth-order valence-electron chi connectivity index (χ4n) is 3.85. The number of hydroxylamine groups is 1. The monoisotopic (exact) mass is 548 g/mol. The number of carbonyl (C=O) groups excluding carboxylic acids is 1. The summed E-state index contributed by atoms with van der Waals surface area (Å²) in [4.78, 5) is 11.9. The van der Waals surface area contributed by atoms with Gasteiger partial charge in [0.2, 0.25) is 15.9 Å².